The van der Waals surface area contributed by atoms with E-state index in [0.717, 1.165) is 44.3 Å². The van der Waals surface area contributed by atoms with Gasteiger partial charge in [-0.05, 0) is 62.7 Å². The number of para-hydroxylation sites is 1. The third kappa shape index (κ3) is 3.41. The van der Waals surface area contributed by atoms with Crippen molar-refractivity contribution in [2.75, 3.05) is 13.1 Å². The Hall–Kier alpha value is -2.12. The molecule has 1 aliphatic carbocycles. The molecule has 0 unspecified atom stereocenters. The highest BCUT2D eigenvalue weighted by Gasteiger charge is 2.39. The number of aliphatic hydroxyl groups is 1. The SMILES string of the molecule is O=C(Cn1[nH]c2ccccc2c1=O)N[C@@H](C1CCNCC1)C1CC(O)C1. The van der Waals surface area contributed by atoms with Crippen molar-refractivity contribution in [2.24, 2.45) is 11.8 Å². The van der Waals surface area contributed by atoms with Crippen molar-refractivity contribution >= 4 is 16.8 Å². The van der Waals surface area contributed by atoms with Crippen LogP contribution in [0.4, 0.5) is 0 Å². The van der Waals surface area contributed by atoms with E-state index in [1.54, 1.807) is 6.07 Å². The number of nitrogens with zero attached hydrogens (tertiary/aromatic N) is 1. The average Bonchev–Trinajstić information content (AvgIpc) is 2.94. The second-order valence-corrected chi connectivity index (χ2v) is 7.61. The number of benzene rings is 1. The van der Waals surface area contributed by atoms with Gasteiger partial charge in [0.25, 0.3) is 5.56 Å². The number of nitrogens with one attached hydrogen (secondary N) is 3. The third-order valence-corrected chi connectivity index (χ3v) is 5.84. The molecule has 4 rings (SSSR count). The maximum Gasteiger partial charge on any atom is 0.274 e. The molecule has 140 valence electrons. The van der Waals surface area contributed by atoms with Gasteiger partial charge in [-0.25, -0.2) is 4.68 Å². The summed E-state index contributed by atoms with van der Waals surface area (Å²) < 4.78 is 1.37. The van der Waals surface area contributed by atoms with E-state index in [1.807, 2.05) is 18.2 Å². The second-order valence-electron chi connectivity index (χ2n) is 7.61. The van der Waals surface area contributed by atoms with Crippen LogP contribution in [0.5, 0.6) is 0 Å². The summed E-state index contributed by atoms with van der Waals surface area (Å²) in [4.78, 5) is 25.1. The molecule has 7 nitrogen and oxygen atoms in total. The minimum Gasteiger partial charge on any atom is -0.393 e. The molecule has 2 fully saturated rings. The lowest BCUT2D eigenvalue weighted by molar-refractivity contribution is -0.124. The van der Waals surface area contributed by atoms with Crippen LogP contribution in [-0.4, -0.2) is 46.0 Å². The van der Waals surface area contributed by atoms with Gasteiger partial charge in [0, 0.05) is 6.04 Å². The Morgan fingerprint density at radius 2 is 1.96 bits per heavy atom. The number of rotatable bonds is 5. The standard InChI is InChI=1S/C19H26N4O3/c24-14-9-13(10-14)18(12-5-7-20-8-6-12)21-17(25)11-23-19(26)15-3-1-2-4-16(15)22-23/h1-4,12-14,18,20,22,24H,5-11H2,(H,21,25)/t13?,14?,18-/m0/s1. The normalized spacial score (nSPS) is 25.0. The quantitative estimate of drug-likeness (QED) is 0.628. The summed E-state index contributed by atoms with van der Waals surface area (Å²) in [5.74, 6) is 0.609. The van der Waals surface area contributed by atoms with E-state index < -0.39 is 0 Å². The number of hydrogen-bond acceptors (Lipinski definition) is 4. The Morgan fingerprint density at radius 1 is 1.23 bits per heavy atom. The number of aliphatic hydroxyl groups excluding tert-OH is 1. The highest BCUT2D eigenvalue weighted by Crippen LogP contribution is 2.35. The monoisotopic (exact) mass is 358 g/mol. The molecular weight excluding hydrogens is 332 g/mol. The van der Waals surface area contributed by atoms with Gasteiger partial charge in [0.2, 0.25) is 5.91 Å². The van der Waals surface area contributed by atoms with Gasteiger partial charge in [-0.2, -0.15) is 0 Å². The van der Waals surface area contributed by atoms with E-state index in [0.29, 0.717) is 17.2 Å². The summed E-state index contributed by atoms with van der Waals surface area (Å²) in [6, 6.07) is 7.34. The fourth-order valence-corrected chi connectivity index (χ4v) is 4.34. The van der Waals surface area contributed by atoms with Gasteiger partial charge in [0.15, 0.2) is 0 Å². The topological polar surface area (TPSA) is 99.2 Å². The molecule has 1 atom stereocenters. The molecule has 0 radical (unpaired) electrons. The number of H-pyrrole nitrogens is 1. The number of amides is 1. The van der Waals surface area contributed by atoms with E-state index in [1.165, 1.54) is 4.68 Å². The number of aromatic amines is 1. The minimum atomic E-state index is -0.238. The third-order valence-electron chi connectivity index (χ3n) is 5.84. The van der Waals surface area contributed by atoms with Crippen molar-refractivity contribution in [1.29, 1.82) is 0 Å². The summed E-state index contributed by atoms with van der Waals surface area (Å²) in [7, 11) is 0. The summed E-state index contributed by atoms with van der Waals surface area (Å²) in [6.45, 7) is 1.92. The highest BCUT2D eigenvalue weighted by atomic mass is 16.3. The van der Waals surface area contributed by atoms with Crippen molar-refractivity contribution < 1.29 is 9.90 Å². The van der Waals surface area contributed by atoms with Gasteiger partial charge < -0.3 is 15.7 Å². The molecule has 1 aromatic carbocycles. The van der Waals surface area contributed by atoms with Gasteiger partial charge in [0.05, 0.1) is 17.0 Å². The van der Waals surface area contributed by atoms with E-state index >= 15 is 0 Å². The van der Waals surface area contributed by atoms with Crippen LogP contribution in [0.25, 0.3) is 10.9 Å². The predicted octanol–water partition coefficient (Wildman–Crippen LogP) is 0.585. The molecule has 1 saturated carbocycles. The summed E-state index contributed by atoms with van der Waals surface area (Å²) >= 11 is 0. The number of aromatic nitrogens is 2. The van der Waals surface area contributed by atoms with Crippen LogP contribution in [0.1, 0.15) is 25.7 Å². The molecule has 1 aromatic heterocycles. The molecule has 26 heavy (non-hydrogen) atoms. The Kier molecular flexibility index (Phi) is 4.82. The highest BCUT2D eigenvalue weighted by molar-refractivity contribution is 5.79. The lowest BCUT2D eigenvalue weighted by atomic mass is 9.71. The van der Waals surface area contributed by atoms with Crippen LogP contribution in [0, 0.1) is 11.8 Å². The van der Waals surface area contributed by atoms with Crippen LogP contribution in [-0.2, 0) is 11.3 Å². The summed E-state index contributed by atoms with van der Waals surface area (Å²) in [6.07, 6.45) is 3.33. The number of carbonyl (C=O) groups is 1. The fraction of sp³-hybridized carbons (Fsp3) is 0.579. The Balaban J connectivity index is 1.47. The van der Waals surface area contributed by atoms with E-state index in [-0.39, 0.29) is 30.2 Å². The van der Waals surface area contributed by atoms with Crippen LogP contribution in [0.2, 0.25) is 0 Å². The van der Waals surface area contributed by atoms with Crippen LogP contribution in [0.3, 0.4) is 0 Å². The molecule has 1 saturated heterocycles. The first-order valence-corrected chi connectivity index (χ1v) is 9.47. The average molecular weight is 358 g/mol. The zero-order chi connectivity index (χ0) is 18.1. The molecule has 0 bridgehead atoms. The maximum absolute atomic E-state index is 12.7. The lowest BCUT2D eigenvalue weighted by Gasteiger charge is -2.43. The van der Waals surface area contributed by atoms with E-state index in [2.05, 4.69) is 15.7 Å². The smallest absolute Gasteiger partial charge is 0.274 e. The van der Waals surface area contributed by atoms with Crippen molar-refractivity contribution in [2.45, 2.75) is 44.4 Å². The Morgan fingerprint density at radius 3 is 2.65 bits per heavy atom. The minimum absolute atomic E-state index is 0.00967. The van der Waals surface area contributed by atoms with Gasteiger partial charge in [-0.1, -0.05) is 12.1 Å². The largest absolute Gasteiger partial charge is 0.393 e. The van der Waals surface area contributed by atoms with Crippen molar-refractivity contribution in [3.8, 4) is 0 Å². The number of carbonyl (C=O) groups excluding carboxylic acids is 1. The van der Waals surface area contributed by atoms with Crippen LogP contribution < -0.4 is 16.2 Å². The van der Waals surface area contributed by atoms with Crippen molar-refractivity contribution in [3.63, 3.8) is 0 Å². The summed E-state index contributed by atoms with van der Waals surface area (Å²) in [5.41, 5.74) is 0.565. The first kappa shape index (κ1) is 17.3. The lowest BCUT2D eigenvalue weighted by Crippen LogP contribution is -2.53. The maximum atomic E-state index is 12.7. The molecule has 2 heterocycles. The molecule has 1 amide bonds. The van der Waals surface area contributed by atoms with Crippen molar-refractivity contribution in [1.82, 2.24) is 20.4 Å². The first-order valence-electron chi connectivity index (χ1n) is 9.47. The Bertz CT molecular complexity index is 831. The number of fused-ring (bicyclic) bond motifs is 1. The molecular formula is C19H26N4O3. The number of hydrogen-bond donors (Lipinski definition) is 4. The summed E-state index contributed by atoms with van der Waals surface area (Å²) in [5, 5.41) is 19.8. The van der Waals surface area contributed by atoms with Crippen LogP contribution in [0.15, 0.2) is 29.1 Å². The van der Waals surface area contributed by atoms with Gasteiger partial charge in [0.1, 0.15) is 6.54 Å². The predicted molar refractivity (Wildman–Crippen MR) is 98.8 cm³/mol. The molecule has 0 spiro atoms. The zero-order valence-electron chi connectivity index (χ0n) is 14.8. The molecule has 2 aromatic rings. The van der Waals surface area contributed by atoms with Gasteiger partial charge >= 0.3 is 0 Å². The molecule has 7 heteroatoms. The van der Waals surface area contributed by atoms with Crippen molar-refractivity contribution in [3.05, 3.63) is 34.6 Å². The van der Waals surface area contributed by atoms with Crippen LogP contribution >= 0.6 is 0 Å². The van der Waals surface area contributed by atoms with Gasteiger partial charge in [-0.15, -0.1) is 0 Å². The Labute approximate surface area is 151 Å². The van der Waals surface area contributed by atoms with Gasteiger partial charge in [-0.3, -0.25) is 14.7 Å². The number of piperidine rings is 1. The molecule has 2 aliphatic rings. The van der Waals surface area contributed by atoms with E-state index in [9.17, 15) is 14.7 Å². The second kappa shape index (κ2) is 7.25. The molecule has 1 aliphatic heterocycles. The fourth-order valence-electron chi connectivity index (χ4n) is 4.34. The van der Waals surface area contributed by atoms with E-state index in [4.69, 9.17) is 0 Å². The zero-order valence-corrected chi connectivity index (χ0v) is 14.8. The first-order chi connectivity index (χ1) is 12.6. The molecule has 4 N–H and O–H groups in total.